The highest BCUT2D eigenvalue weighted by Crippen LogP contribution is 2.44. The molecule has 0 saturated carbocycles. The number of fused-ring (bicyclic) bond motifs is 1. The van der Waals surface area contributed by atoms with Crippen LogP contribution in [0, 0.1) is 10.6 Å². The second kappa shape index (κ2) is 5.95. The maximum Gasteiger partial charge on any atom is 0.417 e. The van der Waals surface area contributed by atoms with Crippen molar-refractivity contribution in [2.24, 2.45) is 5.41 Å². The van der Waals surface area contributed by atoms with Crippen molar-refractivity contribution in [2.45, 2.75) is 20.0 Å². The number of halogens is 4. The fraction of sp³-hybridized carbons (Fsp3) is 0.278. The number of hydrogen-bond donors (Lipinski definition) is 0. The van der Waals surface area contributed by atoms with Crippen LogP contribution < -0.4 is 9.47 Å². The average molecular weight is 370 g/mol. The van der Waals surface area contributed by atoms with Gasteiger partial charge in [0.05, 0.1) is 22.8 Å². The minimum absolute atomic E-state index is 0.193. The first-order valence-electron chi connectivity index (χ1n) is 7.54. The molecule has 0 bridgehead atoms. The van der Waals surface area contributed by atoms with Crippen LogP contribution in [0.4, 0.5) is 13.2 Å². The monoisotopic (exact) mass is 369 g/mol. The molecule has 25 heavy (non-hydrogen) atoms. The van der Waals surface area contributed by atoms with Crippen molar-refractivity contribution in [3.05, 3.63) is 69.7 Å². The smallest absolute Gasteiger partial charge is 0.417 e. The summed E-state index contributed by atoms with van der Waals surface area (Å²) < 4.78 is 46.1. The van der Waals surface area contributed by atoms with Gasteiger partial charge in [-0.25, -0.2) is 0 Å². The van der Waals surface area contributed by atoms with E-state index in [9.17, 15) is 18.4 Å². The predicted octanol–water partition coefficient (Wildman–Crippen LogP) is 4.84. The molecule has 0 amide bonds. The third-order valence-corrected chi connectivity index (χ3v) is 4.21. The lowest BCUT2D eigenvalue weighted by molar-refractivity contribution is -0.607. The fourth-order valence-electron chi connectivity index (χ4n) is 2.72. The van der Waals surface area contributed by atoms with E-state index >= 15 is 0 Å². The summed E-state index contributed by atoms with van der Waals surface area (Å²) in [6.45, 7) is 4.00. The number of hydrogen-bond acceptors (Lipinski definition) is 2. The Morgan fingerprint density at radius 2 is 1.96 bits per heavy atom. The molecule has 0 fully saturated rings. The number of nitrogens with zero attached hydrogens (tertiary/aromatic N) is 1. The lowest BCUT2D eigenvalue weighted by Crippen LogP contribution is -2.30. The highest BCUT2D eigenvalue weighted by Gasteiger charge is 2.36. The second-order valence-corrected chi connectivity index (χ2v) is 6.98. The predicted molar refractivity (Wildman–Crippen MR) is 88.2 cm³/mol. The van der Waals surface area contributed by atoms with Crippen molar-refractivity contribution >= 4 is 17.2 Å². The van der Waals surface area contributed by atoms with Crippen LogP contribution in [0.15, 0.2) is 42.6 Å². The van der Waals surface area contributed by atoms with Gasteiger partial charge in [-0.3, -0.25) is 0 Å². The van der Waals surface area contributed by atoms with Crippen molar-refractivity contribution in [2.75, 3.05) is 6.61 Å². The Morgan fingerprint density at radius 3 is 2.60 bits per heavy atom. The van der Waals surface area contributed by atoms with Gasteiger partial charge in [0, 0.05) is 29.2 Å². The molecule has 132 valence electrons. The first-order valence-corrected chi connectivity index (χ1v) is 7.92. The molecule has 7 heteroatoms. The Bertz CT molecular complexity index is 860. The first-order chi connectivity index (χ1) is 11.6. The summed E-state index contributed by atoms with van der Waals surface area (Å²) in [7, 11) is 0. The van der Waals surface area contributed by atoms with E-state index in [4.69, 9.17) is 16.3 Å². The first kappa shape index (κ1) is 17.6. The molecule has 0 spiro atoms. The van der Waals surface area contributed by atoms with Crippen LogP contribution in [0.25, 0.3) is 5.57 Å². The zero-order chi connectivity index (χ0) is 18.4. The number of aromatic nitrogens is 1. The number of ether oxygens (including phenoxy) is 1. The van der Waals surface area contributed by atoms with Crippen LogP contribution in [-0.4, -0.2) is 6.61 Å². The van der Waals surface area contributed by atoms with E-state index in [1.54, 1.807) is 24.3 Å². The van der Waals surface area contributed by atoms with Gasteiger partial charge in [0.2, 0.25) is 5.69 Å². The molecule has 2 heterocycles. The average Bonchev–Trinajstić information content (AvgIpc) is 2.62. The molecule has 0 aliphatic carbocycles. The van der Waals surface area contributed by atoms with Crippen LogP contribution >= 0.6 is 11.6 Å². The fourth-order valence-corrected chi connectivity index (χ4v) is 2.99. The van der Waals surface area contributed by atoms with E-state index in [0.717, 1.165) is 12.1 Å². The molecule has 1 aromatic heterocycles. The van der Waals surface area contributed by atoms with Crippen LogP contribution in [0.2, 0.25) is 5.02 Å². The van der Waals surface area contributed by atoms with Gasteiger partial charge in [-0.05, 0) is 12.1 Å². The van der Waals surface area contributed by atoms with Gasteiger partial charge in [-0.2, -0.15) is 17.9 Å². The summed E-state index contributed by atoms with van der Waals surface area (Å²) >= 11 is 5.81. The van der Waals surface area contributed by atoms with Gasteiger partial charge >= 0.3 is 6.18 Å². The van der Waals surface area contributed by atoms with E-state index in [1.807, 2.05) is 13.8 Å². The number of benzene rings is 1. The van der Waals surface area contributed by atoms with Crippen LogP contribution in [0.1, 0.15) is 30.7 Å². The van der Waals surface area contributed by atoms with Crippen LogP contribution in [0.3, 0.4) is 0 Å². The van der Waals surface area contributed by atoms with E-state index in [0.29, 0.717) is 10.3 Å². The van der Waals surface area contributed by atoms with E-state index in [2.05, 4.69) is 0 Å². The highest BCUT2D eigenvalue weighted by atomic mass is 35.5. The quantitative estimate of drug-likeness (QED) is 0.532. The molecule has 0 atom stereocenters. The van der Waals surface area contributed by atoms with E-state index in [-0.39, 0.29) is 23.6 Å². The Morgan fingerprint density at radius 1 is 1.24 bits per heavy atom. The summed E-state index contributed by atoms with van der Waals surface area (Å²) in [5, 5.41) is 11.8. The SMILES string of the molecule is CC1(C)C=C(c2cccc[n+]2[O-])c2cc(C(F)(F)F)c(Cl)cc2OC1. The summed E-state index contributed by atoms with van der Waals surface area (Å²) in [6, 6.07) is 6.87. The third-order valence-electron chi connectivity index (χ3n) is 3.90. The molecule has 3 nitrogen and oxygen atoms in total. The summed E-state index contributed by atoms with van der Waals surface area (Å²) in [5.41, 5.74) is -0.621. The van der Waals surface area contributed by atoms with Crippen molar-refractivity contribution in [1.82, 2.24) is 0 Å². The van der Waals surface area contributed by atoms with Crippen LogP contribution in [-0.2, 0) is 6.18 Å². The van der Waals surface area contributed by atoms with E-state index in [1.165, 1.54) is 6.20 Å². The van der Waals surface area contributed by atoms with Gasteiger partial charge in [-0.1, -0.05) is 31.5 Å². The largest absolute Gasteiger partial charge is 0.618 e. The molecule has 1 aromatic carbocycles. The second-order valence-electron chi connectivity index (χ2n) is 6.57. The van der Waals surface area contributed by atoms with Gasteiger partial charge in [0.15, 0.2) is 6.20 Å². The topological polar surface area (TPSA) is 36.2 Å². The maximum absolute atomic E-state index is 13.3. The Hall–Kier alpha value is -2.21. The van der Waals surface area contributed by atoms with Crippen molar-refractivity contribution < 1.29 is 22.6 Å². The molecule has 0 radical (unpaired) electrons. The minimum Gasteiger partial charge on any atom is -0.618 e. The molecule has 0 unspecified atom stereocenters. The van der Waals surface area contributed by atoms with E-state index < -0.39 is 22.2 Å². The van der Waals surface area contributed by atoms with Crippen molar-refractivity contribution in [3.63, 3.8) is 0 Å². The Balaban J connectivity index is 2.31. The number of pyridine rings is 1. The Labute approximate surface area is 147 Å². The zero-order valence-corrected chi connectivity index (χ0v) is 14.3. The number of alkyl halides is 3. The molecule has 1 aliphatic heterocycles. The highest BCUT2D eigenvalue weighted by molar-refractivity contribution is 6.31. The van der Waals surface area contributed by atoms with Crippen LogP contribution in [0.5, 0.6) is 5.75 Å². The molecule has 3 rings (SSSR count). The summed E-state index contributed by atoms with van der Waals surface area (Å²) in [6.07, 6.45) is -1.55. The van der Waals surface area contributed by atoms with Crippen molar-refractivity contribution in [1.29, 1.82) is 0 Å². The molecule has 1 aliphatic rings. The minimum atomic E-state index is -4.61. The number of rotatable bonds is 1. The molecular weight excluding hydrogens is 355 g/mol. The molecule has 0 saturated heterocycles. The molecule has 2 aromatic rings. The lowest BCUT2D eigenvalue weighted by Gasteiger charge is -2.18. The van der Waals surface area contributed by atoms with Gasteiger partial charge in [0.1, 0.15) is 5.75 Å². The molecular formula is C18H15ClF3NO2. The van der Waals surface area contributed by atoms with Gasteiger partial charge < -0.3 is 9.94 Å². The Kier molecular flexibility index (Phi) is 4.19. The normalized spacial score (nSPS) is 16.5. The summed E-state index contributed by atoms with van der Waals surface area (Å²) in [5.74, 6) is 0.221. The third kappa shape index (κ3) is 3.44. The molecule has 0 N–H and O–H groups in total. The zero-order valence-electron chi connectivity index (χ0n) is 13.5. The van der Waals surface area contributed by atoms with Gasteiger partial charge in [-0.15, -0.1) is 0 Å². The maximum atomic E-state index is 13.3. The lowest BCUT2D eigenvalue weighted by atomic mass is 9.88. The van der Waals surface area contributed by atoms with Gasteiger partial charge in [0.25, 0.3) is 0 Å². The standard InChI is InChI=1S/C18H15ClF3NO2/c1-17(2)9-12(15-5-3-4-6-23(15)24)11-7-13(18(20,21)22)14(19)8-16(11)25-10-17/h3-9H,10H2,1-2H3. The van der Waals surface area contributed by atoms with Crippen molar-refractivity contribution in [3.8, 4) is 5.75 Å². The summed E-state index contributed by atoms with van der Waals surface area (Å²) in [4.78, 5) is 0.